The fraction of sp³-hybridized carbons (Fsp3) is 0.353. The van der Waals surface area contributed by atoms with Crippen LogP contribution in [0.3, 0.4) is 0 Å². The quantitative estimate of drug-likeness (QED) is 0.576. The van der Waals surface area contributed by atoms with Crippen molar-refractivity contribution in [3.05, 3.63) is 52.3 Å². The number of amides is 1. The molecule has 0 saturated carbocycles. The smallest absolute Gasteiger partial charge is 0.311 e. The minimum atomic E-state index is -1.03. The summed E-state index contributed by atoms with van der Waals surface area (Å²) in [6, 6.07) is 5.74. The third kappa shape index (κ3) is 3.95. The summed E-state index contributed by atoms with van der Waals surface area (Å²) in [7, 11) is 0. The van der Waals surface area contributed by atoms with Crippen LogP contribution in [-0.2, 0) is 9.53 Å². The SMILES string of the molecule is O=C(NCC1(C(=O)O)CCOCC1)c1cnn(-c2ccc([N+](=O)[O-])cc2)c1. The van der Waals surface area contributed by atoms with Gasteiger partial charge in [0.05, 0.1) is 27.8 Å². The summed E-state index contributed by atoms with van der Waals surface area (Å²) in [6.07, 6.45) is 3.51. The molecule has 1 aromatic heterocycles. The van der Waals surface area contributed by atoms with Crippen LogP contribution in [-0.4, -0.2) is 51.4 Å². The van der Waals surface area contributed by atoms with E-state index in [4.69, 9.17) is 4.74 Å². The summed E-state index contributed by atoms with van der Waals surface area (Å²) in [5, 5.41) is 27.0. The van der Waals surface area contributed by atoms with Gasteiger partial charge in [-0.3, -0.25) is 19.7 Å². The maximum atomic E-state index is 12.4. The Balaban J connectivity index is 1.67. The van der Waals surface area contributed by atoms with Crippen LogP contribution < -0.4 is 5.32 Å². The van der Waals surface area contributed by atoms with E-state index in [9.17, 15) is 24.8 Å². The number of rotatable bonds is 6. The van der Waals surface area contributed by atoms with Crippen molar-refractivity contribution in [2.24, 2.45) is 5.41 Å². The highest BCUT2D eigenvalue weighted by molar-refractivity contribution is 5.94. The number of nitro groups is 1. The fourth-order valence-corrected chi connectivity index (χ4v) is 2.89. The van der Waals surface area contributed by atoms with Crippen molar-refractivity contribution in [1.82, 2.24) is 15.1 Å². The molecule has 1 aliphatic rings. The van der Waals surface area contributed by atoms with Crippen molar-refractivity contribution >= 4 is 17.6 Å². The Hall–Kier alpha value is -3.27. The maximum Gasteiger partial charge on any atom is 0.311 e. The Morgan fingerprint density at radius 2 is 1.96 bits per heavy atom. The lowest BCUT2D eigenvalue weighted by atomic mass is 9.80. The number of carbonyl (C=O) groups excluding carboxylic acids is 1. The van der Waals surface area contributed by atoms with Gasteiger partial charge in [0.15, 0.2) is 0 Å². The van der Waals surface area contributed by atoms with Crippen LogP contribution in [0.25, 0.3) is 5.69 Å². The van der Waals surface area contributed by atoms with Gasteiger partial charge < -0.3 is 15.2 Å². The highest BCUT2D eigenvalue weighted by Gasteiger charge is 2.40. The zero-order chi connectivity index (χ0) is 19.4. The molecule has 1 amide bonds. The van der Waals surface area contributed by atoms with E-state index in [1.54, 1.807) is 0 Å². The van der Waals surface area contributed by atoms with Gasteiger partial charge in [-0.25, -0.2) is 4.68 Å². The zero-order valence-corrected chi connectivity index (χ0v) is 14.3. The second kappa shape index (κ2) is 7.54. The molecule has 0 aliphatic carbocycles. The van der Waals surface area contributed by atoms with Crippen molar-refractivity contribution in [3.8, 4) is 5.69 Å². The van der Waals surface area contributed by atoms with E-state index in [0.29, 0.717) is 31.7 Å². The molecule has 10 nitrogen and oxygen atoms in total. The molecule has 2 N–H and O–H groups in total. The van der Waals surface area contributed by atoms with E-state index in [1.807, 2.05) is 0 Å². The van der Waals surface area contributed by atoms with Gasteiger partial charge in [-0.2, -0.15) is 5.10 Å². The van der Waals surface area contributed by atoms with Gasteiger partial charge in [0.2, 0.25) is 0 Å². The van der Waals surface area contributed by atoms with Gasteiger partial charge in [0.1, 0.15) is 0 Å². The van der Waals surface area contributed by atoms with Crippen LogP contribution in [0.4, 0.5) is 5.69 Å². The lowest BCUT2D eigenvalue weighted by Gasteiger charge is -2.33. The lowest BCUT2D eigenvalue weighted by Crippen LogP contribution is -2.46. The first-order valence-corrected chi connectivity index (χ1v) is 8.30. The summed E-state index contributed by atoms with van der Waals surface area (Å²) in [6.45, 7) is 0.702. The molecule has 10 heteroatoms. The van der Waals surface area contributed by atoms with Gasteiger partial charge in [0.25, 0.3) is 11.6 Å². The van der Waals surface area contributed by atoms with E-state index in [1.165, 1.54) is 41.3 Å². The van der Waals surface area contributed by atoms with Gasteiger partial charge >= 0.3 is 5.97 Å². The van der Waals surface area contributed by atoms with Crippen molar-refractivity contribution in [2.75, 3.05) is 19.8 Å². The van der Waals surface area contributed by atoms with Crippen molar-refractivity contribution < 1.29 is 24.4 Å². The van der Waals surface area contributed by atoms with Crippen LogP contribution in [0, 0.1) is 15.5 Å². The van der Waals surface area contributed by atoms with E-state index >= 15 is 0 Å². The second-order valence-electron chi connectivity index (χ2n) is 6.33. The molecular formula is C17H18N4O6. The number of nitrogens with zero attached hydrogens (tertiary/aromatic N) is 3. The molecule has 0 radical (unpaired) electrons. The van der Waals surface area contributed by atoms with Gasteiger partial charge in [-0.15, -0.1) is 0 Å². The van der Waals surface area contributed by atoms with Crippen molar-refractivity contribution in [3.63, 3.8) is 0 Å². The molecule has 1 fully saturated rings. The van der Waals surface area contributed by atoms with E-state index in [2.05, 4.69) is 10.4 Å². The monoisotopic (exact) mass is 374 g/mol. The first kappa shape index (κ1) is 18.5. The minimum Gasteiger partial charge on any atom is -0.481 e. The molecule has 0 unspecified atom stereocenters. The Bertz CT molecular complexity index is 855. The van der Waals surface area contributed by atoms with E-state index in [0.717, 1.165) is 0 Å². The fourth-order valence-electron chi connectivity index (χ4n) is 2.89. The maximum absolute atomic E-state index is 12.4. The second-order valence-corrected chi connectivity index (χ2v) is 6.33. The number of carboxylic acids is 1. The van der Waals surface area contributed by atoms with Crippen LogP contribution in [0.15, 0.2) is 36.7 Å². The Labute approximate surface area is 153 Å². The molecule has 1 saturated heterocycles. The highest BCUT2D eigenvalue weighted by atomic mass is 16.6. The van der Waals surface area contributed by atoms with Crippen LogP contribution in [0.2, 0.25) is 0 Å². The number of carboxylic acid groups (broad SMARTS) is 1. The van der Waals surface area contributed by atoms with Gasteiger partial charge in [-0.05, 0) is 25.0 Å². The highest BCUT2D eigenvalue weighted by Crippen LogP contribution is 2.30. The van der Waals surface area contributed by atoms with Crippen LogP contribution >= 0.6 is 0 Å². The molecular weight excluding hydrogens is 356 g/mol. The standard InChI is InChI=1S/C17H18N4O6/c22-15(18-11-17(16(23)24)5-7-27-8-6-17)12-9-19-20(10-12)13-1-3-14(4-2-13)21(25)26/h1-4,9-10H,5-8,11H2,(H,18,22)(H,23,24). The molecule has 0 atom stereocenters. The predicted octanol–water partition coefficient (Wildman–Crippen LogP) is 1.39. The molecule has 1 aromatic carbocycles. The Kier molecular flexibility index (Phi) is 5.17. The van der Waals surface area contributed by atoms with Crippen molar-refractivity contribution in [1.29, 1.82) is 0 Å². The molecule has 142 valence electrons. The number of hydrogen-bond acceptors (Lipinski definition) is 6. The largest absolute Gasteiger partial charge is 0.481 e. The summed E-state index contributed by atoms with van der Waals surface area (Å²) in [5.74, 6) is -1.39. The van der Waals surface area contributed by atoms with Gasteiger partial charge in [0, 0.05) is 38.1 Å². The van der Waals surface area contributed by atoms with Crippen LogP contribution in [0.1, 0.15) is 23.2 Å². The third-order valence-corrected chi connectivity index (χ3v) is 4.66. The number of nitrogens with one attached hydrogen (secondary N) is 1. The summed E-state index contributed by atoms with van der Waals surface area (Å²) in [5.41, 5.74) is -0.242. The summed E-state index contributed by atoms with van der Waals surface area (Å²) in [4.78, 5) is 34.2. The number of benzene rings is 1. The topological polar surface area (TPSA) is 137 Å². The number of hydrogen-bond donors (Lipinski definition) is 2. The minimum absolute atomic E-state index is 0.00718. The number of ether oxygens (including phenoxy) is 1. The van der Waals surface area contributed by atoms with E-state index < -0.39 is 22.2 Å². The number of carbonyl (C=O) groups is 2. The third-order valence-electron chi connectivity index (χ3n) is 4.66. The predicted molar refractivity (Wildman–Crippen MR) is 92.7 cm³/mol. The molecule has 27 heavy (non-hydrogen) atoms. The molecule has 1 aliphatic heterocycles. The Morgan fingerprint density at radius 3 is 2.56 bits per heavy atom. The molecule has 2 heterocycles. The summed E-state index contributed by atoms with van der Waals surface area (Å²) < 4.78 is 6.63. The lowest BCUT2D eigenvalue weighted by molar-refractivity contribution is -0.384. The first-order chi connectivity index (χ1) is 12.9. The zero-order valence-electron chi connectivity index (χ0n) is 14.3. The average molecular weight is 374 g/mol. The number of nitro benzene ring substituents is 1. The Morgan fingerprint density at radius 1 is 1.30 bits per heavy atom. The first-order valence-electron chi connectivity index (χ1n) is 8.30. The van der Waals surface area contributed by atoms with E-state index in [-0.39, 0.29) is 17.8 Å². The number of aliphatic carboxylic acids is 1. The normalized spacial score (nSPS) is 15.9. The molecule has 0 bridgehead atoms. The summed E-state index contributed by atoms with van der Waals surface area (Å²) >= 11 is 0. The average Bonchev–Trinajstić information content (AvgIpc) is 3.17. The van der Waals surface area contributed by atoms with Crippen LogP contribution in [0.5, 0.6) is 0 Å². The number of non-ortho nitro benzene ring substituents is 1. The van der Waals surface area contributed by atoms with Crippen molar-refractivity contribution in [2.45, 2.75) is 12.8 Å². The van der Waals surface area contributed by atoms with Gasteiger partial charge in [-0.1, -0.05) is 0 Å². The number of aromatic nitrogens is 2. The molecule has 0 spiro atoms. The molecule has 2 aromatic rings. The molecule has 3 rings (SSSR count).